The molecule has 0 N–H and O–H groups in total. The van der Waals surface area contributed by atoms with E-state index in [-0.39, 0.29) is 25.0 Å². The van der Waals surface area contributed by atoms with Gasteiger partial charge < -0.3 is 4.74 Å². The van der Waals surface area contributed by atoms with Gasteiger partial charge in [0.25, 0.3) is 0 Å². The van der Waals surface area contributed by atoms with Gasteiger partial charge in [-0.1, -0.05) is 0 Å². The van der Waals surface area contributed by atoms with Gasteiger partial charge in [0.2, 0.25) is 0 Å². The molecular weight excluding hydrogens is 221 g/mol. The molecule has 0 amide bonds. The summed E-state index contributed by atoms with van der Waals surface area (Å²) in [4.78, 5) is 11.0. The number of esters is 1. The van der Waals surface area contributed by atoms with Crippen molar-refractivity contribution in [2.24, 2.45) is 0 Å². The summed E-state index contributed by atoms with van der Waals surface area (Å²) in [7, 11) is 0. The molecule has 0 atom stereocenters. The number of carbonyl (C=O) groups is 1. The number of hydrogen-bond acceptors (Lipinski definition) is 2. The van der Waals surface area contributed by atoms with E-state index in [2.05, 4.69) is 4.74 Å². The highest BCUT2D eigenvalue weighted by atomic mass is 19.2. The van der Waals surface area contributed by atoms with Crippen molar-refractivity contribution in [1.82, 2.24) is 0 Å². The molecule has 0 fully saturated rings. The summed E-state index contributed by atoms with van der Waals surface area (Å²) in [5, 5.41) is 0. The van der Waals surface area contributed by atoms with Crippen LogP contribution in [0.1, 0.15) is 18.9 Å². The number of halogens is 3. The van der Waals surface area contributed by atoms with E-state index in [1.54, 1.807) is 6.92 Å². The molecule has 16 heavy (non-hydrogen) atoms. The topological polar surface area (TPSA) is 26.3 Å². The third-order valence-corrected chi connectivity index (χ3v) is 1.99. The molecule has 0 saturated carbocycles. The summed E-state index contributed by atoms with van der Waals surface area (Å²) < 4.78 is 43.1. The van der Waals surface area contributed by atoms with E-state index >= 15 is 0 Å². The highest BCUT2D eigenvalue weighted by Crippen LogP contribution is 2.15. The minimum Gasteiger partial charge on any atom is -0.466 e. The highest BCUT2D eigenvalue weighted by molar-refractivity contribution is 5.69. The van der Waals surface area contributed by atoms with Crippen LogP contribution in [0.15, 0.2) is 12.1 Å². The number of benzene rings is 1. The van der Waals surface area contributed by atoms with Crippen molar-refractivity contribution < 1.29 is 22.7 Å². The fraction of sp³-hybridized carbons (Fsp3) is 0.364. The Bertz CT molecular complexity index is 391. The first-order chi connectivity index (χ1) is 7.54. The molecule has 0 bridgehead atoms. The Labute approximate surface area is 91.0 Å². The lowest BCUT2D eigenvalue weighted by Crippen LogP contribution is -2.06. The number of ether oxygens (including phenoxy) is 1. The van der Waals surface area contributed by atoms with Crippen LogP contribution in [0.5, 0.6) is 0 Å². The molecule has 1 aromatic rings. The summed E-state index contributed by atoms with van der Waals surface area (Å²) >= 11 is 0. The first kappa shape index (κ1) is 12.5. The molecule has 0 unspecified atom stereocenters. The standard InChI is InChI=1S/C11H11F3O2/c1-2-16-11(15)4-3-7-5-9(13)10(14)6-8(7)12/h5-6H,2-4H2,1H3. The van der Waals surface area contributed by atoms with Crippen LogP contribution in [0, 0.1) is 17.5 Å². The van der Waals surface area contributed by atoms with Crippen LogP contribution >= 0.6 is 0 Å². The van der Waals surface area contributed by atoms with Gasteiger partial charge in [-0.05, 0) is 25.0 Å². The van der Waals surface area contributed by atoms with Crippen molar-refractivity contribution >= 4 is 5.97 Å². The van der Waals surface area contributed by atoms with Crippen molar-refractivity contribution in [2.75, 3.05) is 6.61 Å². The average Bonchev–Trinajstić information content (AvgIpc) is 2.22. The van der Waals surface area contributed by atoms with Crippen molar-refractivity contribution in [1.29, 1.82) is 0 Å². The Hall–Kier alpha value is -1.52. The smallest absolute Gasteiger partial charge is 0.306 e. The van der Waals surface area contributed by atoms with Crippen molar-refractivity contribution in [3.05, 3.63) is 35.1 Å². The third kappa shape index (κ3) is 3.25. The van der Waals surface area contributed by atoms with Crippen LogP contribution in [0.3, 0.4) is 0 Å². The Balaban J connectivity index is 2.67. The zero-order chi connectivity index (χ0) is 12.1. The maximum absolute atomic E-state index is 13.1. The van der Waals surface area contributed by atoms with Gasteiger partial charge >= 0.3 is 5.97 Å². The summed E-state index contributed by atoms with van der Waals surface area (Å²) in [6.07, 6.45) is -0.0717. The maximum atomic E-state index is 13.1. The zero-order valence-electron chi connectivity index (χ0n) is 8.73. The van der Waals surface area contributed by atoms with Gasteiger partial charge in [-0.3, -0.25) is 4.79 Å². The van der Waals surface area contributed by atoms with Crippen LogP contribution in [-0.2, 0) is 16.0 Å². The summed E-state index contributed by atoms with van der Waals surface area (Å²) in [5.74, 6) is -3.72. The third-order valence-electron chi connectivity index (χ3n) is 1.99. The van der Waals surface area contributed by atoms with Crippen molar-refractivity contribution in [3.63, 3.8) is 0 Å². The summed E-state index contributed by atoms with van der Waals surface area (Å²) in [5.41, 5.74) is -0.0352. The van der Waals surface area contributed by atoms with Crippen LogP contribution in [0.2, 0.25) is 0 Å². The molecule has 1 aromatic carbocycles. The van der Waals surface area contributed by atoms with Gasteiger partial charge in [-0.2, -0.15) is 0 Å². The molecule has 0 aliphatic rings. The van der Waals surface area contributed by atoms with E-state index in [4.69, 9.17) is 0 Å². The first-order valence-corrected chi connectivity index (χ1v) is 4.83. The number of aryl methyl sites for hydroxylation is 1. The van der Waals surface area contributed by atoms with Gasteiger partial charge in [0.1, 0.15) is 5.82 Å². The van der Waals surface area contributed by atoms with Gasteiger partial charge in [0, 0.05) is 12.5 Å². The summed E-state index contributed by atoms with van der Waals surface area (Å²) in [6, 6.07) is 1.22. The second-order valence-electron chi connectivity index (χ2n) is 3.16. The lowest BCUT2D eigenvalue weighted by atomic mass is 10.1. The van der Waals surface area contributed by atoms with Crippen LogP contribution in [-0.4, -0.2) is 12.6 Å². The highest BCUT2D eigenvalue weighted by Gasteiger charge is 2.11. The van der Waals surface area contributed by atoms with E-state index in [1.165, 1.54) is 0 Å². The molecule has 2 nitrogen and oxygen atoms in total. The SMILES string of the molecule is CCOC(=O)CCc1cc(F)c(F)cc1F. The zero-order valence-corrected chi connectivity index (χ0v) is 8.73. The predicted octanol–water partition coefficient (Wildman–Crippen LogP) is 2.60. The molecule has 0 heterocycles. The Morgan fingerprint density at radius 2 is 1.81 bits per heavy atom. The summed E-state index contributed by atoms with van der Waals surface area (Å²) in [6.45, 7) is 1.88. The van der Waals surface area contributed by atoms with Gasteiger partial charge in [0.15, 0.2) is 11.6 Å². The molecule has 1 rings (SSSR count). The minimum absolute atomic E-state index is 0.0120. The lowest BCUT2D eigenvalue weighted by Gasteiger charge is -2.04. The molecular formula is C11H11F3O2. The monoisotopic (exact) mass is 232 g/mol. The van der Waals surface area contributed by atoms with E-state index < -0.39 is 23.4 Å². The van der Waals surface area contributed by atoms with Crippen LogP contribution in [0.25, 0.3) is 0 Å². The Morgan fingerprint density at radius 1 is 1.19 bits per heavy atom. The molecule has 5 heteroatoms. The Morgan fingerprint density at radius 3 is 2.44 bits per heavy atom. The first-order valence-electron chi connectivity index (χ1n) is 4.83. The molecule has 0 saturated heterocycles. The predicted molar refractivity (Wildman–Crippen MR) is 51.3 cm³/mol. The van der Waals surface area contributed by atoms with E-state index in [0.29, 0.717) is 6.07 Å². The number of carbonyl (C=O) groups excluding carboxylic acids is 1. The fourth-order valence-corrected chi connectivity index (χ4v) is 1.23. The quantitative estimate of drug-likeness (QED) is 0.589. The Kier molecular flexibility index (Phi) is 4.34. The maximum Gasteiger partial charge on any atom is 0.306 e. The van der Waals surface area contributed by atoms with Gasteiger partial charge in [0.05, 0.1) is 6.61 Å². The van der Waals surface area contributed by atoms with Crippen molar-refractivity contribution in [3.8, 4) is 0 Å². The van der Waals surface area contributed by atoms with Gasteiger partial charge in [-0.15, -0.1) is 0 Å². The second kappa shape index (κ2) is 5.53. The molecule has 0 spiro atoms. The molecule has 88 valence electrons. The van der Waals surface area contributed by atoms with Gasteiger partial charge in [-0.25, -0.2) is 13.2 Å². The number of rotatable bonds is 4. The minimum atomic E-state index is -1.24. The lowest BCUT2D eigenvalue weighted by molar-refractivity contribution is -0.143. The van der Waals surface area contributed by atoms with E-state index in [1.807, 2.05) is 0 Å². The fourth-order valence-electron chi connectivity index (χ4n) is 1.23. The largest absolute Gasteiger partial charge is 0.466 e. The average molecular weight is 232 g/mol. The number of hydrogen-bond donors (Lipinski definition) is 0. The van der Waals surface area contributed by atoms with Crippen LogP contribution < -0.4 is 0 Å². The normalized spacial score (nSPS) is 10.2. The van der Waals surface area contributed by atoms with Crippen LogP contribution in [0.4, 0.5) is 13.2 Å². The molecule has 0 aliphatic heterocycles. The molecule has 0 radical (unpaired) electrons. The second-order valence-corrected chi connectivity index (χ2v) is 3.16. The molecule has 0 aliphatic carbocycles. The molecule has 0 aromatic heterocycles. The van der Waals surface area contributed by atoms with Crippen molar-refractivity contribution in [2.45, 2.75) is 19.8 Å². The van der Waals surface area contributed by atoms with E-state index in [0.717, 1.165) is 6.07 Å². The van der Waals surface area contributed by atoms with E-state index in [9.17, 15) is 18.0 Å².